The number of anilines is 2. The molecule has 1 heterocycles. The molecule has 0 amide bonds. The number of aromatic carboxylic acids is 1. The van der Waals surface area contributed by atoms with Crippen LogP contribution in [0.4, 0.5) is 15.9 Å². The molecule has 2 N–H and O–H groups in total. The SMILES string of the molecule is COc1ccc(F)c(Nc2ncccc2C(=O)O)c1. The van der Waals surface area contributed by atoms with Gasteiger partial charge in [0.15, 0.2) is 0 Å². The fourth-order valence-electron chi connectivity index (χ4n) is 1.53. The number of carboxylic acids is 1. The molecule has 0 spiro atoms. The topological polar surface area (TPSA) is 71.5 Å². The van der Waals surface area contributed by atoms with Crippen molar-refractivity contribution in [1.29, 1.82) is 0 Å². The number of carboxylic acid groups (broad SMARTS) is 1. The van der Waals surface area contributed by atoms with Crippen LogP contribution >= 0.6 is 0 Å². The fourth-order valence-corrected chi connectivity index (χ4v) is 1.53. The molecule has 0 bridgehead atoms. The number of benzene rings is 1. The van der Waals surface area contributed by atoms with Crippen LogP contribution in [0.1, 0.15) is 10.4 Å². The molecule has 0 radical (unpaired) electrons. The molecule has 19 heavy (non-hydrogen) atoms. The van der Waals surface area contributed by atoms with Gasteiger partial charge in [0, 0.05) is 12.3 Å². The highest BCUT2D eigenvalue weighted by molar-refractivity contribution is 5.93. The zero-order valence-corrected chi connectivity index (χ0v) is 10.1. The quantitative estimate of drug-likeness (QED) is 0.886. The maximum atomic E-state index is 13.6. The van der Waals surface area contributed by atoms with Gasteiger partial charge in [-0.05, 0) is 24.3 Å². The highest BCUT2D eigenvalue weighted by Crippen LogP contribution is 2.25. The molecule has 0 fully saturated rings. The first-order chi connectivity index (χ1) is 9.11. The van der Waals surface area contributed by atoms with Gasteiger partial charge in [0.05, 0.1) is 12.8 Å². The molecule has 0 aliphatic heterocycles. The summed E-state index contributed by atoms with van der Waals surface area (Å²) >= 11 is 0. The number of rotatable bonds is 4. The second kappa shape index (κ2) is 5.34. The lowest BCUT2D eigenvalue weighted by Crippen LogP contribution is -2.05. The van der Waals surface area contributed by atoms with Crippen LogP contribution < -0.4 is 10.1 Å². The maximum absolute atomic E-state index is 13.6. The molecule has 98 valence electrons. The van der Waals surface area contributed by atoms with E-state index >= 15 is 0 Å². The van der Waals surface area contributed by atoms with Gasteiger partial charge in [-0.1, -0.05) is 0 Å². The van der Waals surface area contributed by atoms with Crippen LogP contribution in [0.2, 0.25) is 0 Å². The number of hydrogen-bond acceptors (Lipinski definition) is 4. The van der Waals surface area contributed by atoms with Gasteiger partial charge in [-0.2, -0.15) is 0 Å². The summed E-state index contributed by atoms with van der Waals surface area (Å²) in [5.74, 6) is -1.14. The van der Waals surface area contributed by atoms with E-state index < -0.39 is 11.8 Å². The molecule has 1 aromatic heterocycles. The second-order valence-corrected chi connectivity index (χ2v) is 3.68. The Labute approximate surface area is 108 Å². The van der Waals surface area contributed by atoms with Crippen molar-refractivity contribution >= 4 is 17.5 Å². The van der Waals surface area contributed by atoms with Gasteiger partial charge < -0.3 is 15.2 Å². The summed E-state index contributed by atoms with van der Waals surface area (Å²) in [6, 6.07) is 7.00. The highest BCUT2D eigenvalue weighted by Gasteiger charge is 2.12. The van der Waals surface area contributed by atoms with Gasteiger partial charge in [-0.3, -0.25) is 0 Å². The minimum atomic E-state index is -1.14. The minimum absolute atomic E-state index is 0.0373. The van der Waals surface area contributed by atoms with Gasteiger partial charge in [0.1, 0.15) is 22.9 Å². The first-order valence-corrected chi connectivity index (χ1v) is 5.40. The van der Waals surface area contributed by atoms with E-state index in [2.05, 4.69) is 10.3 Å². The van der Waals surface area contributed by atoms with E-state index in [0.717, 1.165) is 0 Å². The zero-order chi connectivity index (χ0) is 13.8. The van der Waals surface area contributed by atoms with Crippen LogP contribution in [-0.4, -0.2) is 23.2 Å². The summed E-state index contributed by atoms with van der Waals surface area (Å²) in [4.78, 5) is 14.9. The van der Waals surface area contributed by atoms with Crippen LogP contribution in [0.3, 0.4) is 0 Å². The van der Waals surface area contributed by atoms with Crippen molar-refractivity contribution in [1.82, 2.24) is 4.98 Å². The molecule has 0 saturated heterocycles. The largest absolute Gasteiger partial charge is 0.497 e. The highest BCUT2D eigenvalue weighted by atomic mass is 19.1. The first-order valence-electron chi connectivity index (χ1n) is 5.40. The third-order valence-electron chi connectivity index (χ3n) is 2.46. The Morgan fingerprint density at radius 2 is 2.21 bits per heavy atom. The van der Waals surface area contributed by atoms with Gasteiger partial charge in [-0.15, -0.1) is 0 Å². The number of hydrogen-bond donors (Lipinski definition) is 2. The lowest BCUT2D eigenvalue weighted by atomic mass is 10.2. The molecule has 0 atom stereocenters. The third kappa shape index (κ3) is 2.79. The van der Waals surface area contributed by atoms with Crippen molar-refractivity contribution in [2.24, 2.45) is 0 Å². The van der Waals surface area contributed by atoms with Crippen molar-refractivity contribution in [3.05, 3.63) is 47.9 Å². The second-order valence-electron chi connectivity index (χ2n) is 3.68. The number of nitrogens with one attached hydrogen (secondary N) is 1. The molecular weight excluding hydrogens is 251 g/mol. The number of aromatic nitrogens is 1. The molecule has 0 saturated carbocycles. The maximum Gasteiger partial charge on any atom is 0.339 e. The van der Waals surface area contributed by atoms with Crippen LogP contribution in [0.5, 0.6) is 5.75 Å². The standard InChI is InChI=1S/C13H11FN2O3/c1-19-8-4-5-10(14)11(7-8)16-12-9(13(17)18)3-2-6-15-12/h2-7H,1H3,(H,15,16)(H,17,18). The Morgan fingerprint density at radius 1 is 1.42 bits per heavy atom. The molecule has 1 aromatic carbocycles. The van der Waals surface area contributed by atoms with E-state index in [4.69, 9.17) is 9.84 Å². The minimum Gasteiger partial charge on any atom is -0.497 e. The normalized spacial score (nSPS) is 10.0. The van der Waals surface area contributed by atoms with Gasteiger partial charge in [-0.25, -0.2) is 14.2 Å². The van der Waals surface area contributed by atoms with Gasteiger partial charge in [0.2, 0.25) is 0 Å². The van der Waals surface area contributed by atoms with E-state index in [1.54, 1.807) is 0 Å². The van der Waals surface area contributed by atoms with E-state index in [9.17, 15) is 9.18 Å². The Kier molecular flexibility index (Phi) is 3.61. The summed E-state index contributed by atoms with van der Waals surface area (Å²) in [5.41, 5.74) is 0.0604. The molecular formula is C13H11FN2O3. The zero-order valence-electron chi connectivity index (χ0n) is 10.1. The predicted molar refractivity (Wildman–Crippen MR) is 67.4 cm³/mol. The van der Waals surface area contributed by atoms with E-state index in [1.807, 2.05) is 0 Å². The van der Waals surface area contributed by atoms with Crippen LogP contribution in [0, 0.1) is 5.82 Å². The van der Waals surface area contributed by atoms with Crippen molar-refractivity contribution in [3.8, 4) is 5.75 Å². The number of ether oxygens (including phenoxy) is 1. The number of halogens is 1. The number of methoxy groups -OCH3 is 1. The van der Waals surface area contributed by atoms with Crippen LogP contribution in [-0.2, 0) is 0 Å². The Morgan fingerprint density at radius 3 is 2.89 bits per heavy atom. The fraction of sp³-hybridized carbons (Fsp3) is 0.0769. The summed E-state index contributed by atoms with van der Waals surface area (Å²) in [6.07, 6.45) is 1.42. The van der Waals surface area contributed by atoms with Crippen LogP contribution in [0.15, 0.2) is 36.5 Å². The summed E-state index contributed by atoms with van der Waals surface area (Å²) in [7, 11) is 1.46. The first kappa shape index (κ1) is 12.8. The van der Waals surface area contributed by atoms with Crippen LogP contribution in [0.25, 0.3) is 0 Å². The lowest BCUT2D eigenvalue weighted by Gasteiger charge is -2.10. The number of nitrogens with zero attached hydrogens (tertiary/aromatic N) is 1. The smallest absolute Gasteiger partial charge is 0.339 e. The van der Waals surface area contributed by atoms with Crippen molar-refractivity contribution in [3.63, 3.8) is 0 Å². The molecule has 0 aliphatic rings. The molecule has 2 aromatic rings. The average Bonchev–Trinajstić information content (AvgIpc) is 2.41. The lowest BCUT2D eigenvalue weighted by molar-refractivity contribution is 0.0697. The molecule has 6 heteroatoms. The summed E-state index contributed by atoms with van der Waals surface area (Å²) in [6.45, 7) is 0. The summed E-state index contributed by atoms with van der Waals surface area (Å²) < 4.78 is 18.6. The molecule has 2 rings (SSSR count). The average molecular weight is 262 g/mol. The van der Waals surface area contributed by atoms with Crippen molar-refractivity contribution in [2.45, 2.75) is 0 Å². The molecule has 5 nitrogen and oxygen atoms in total. The predicted octanol–water partition coefficient (Wildman–Crippen LogP) is 2.67. The van der Waals surface area contributed by atoms with Crippen molar-refractivity contribution < 1.29 is 19.0 Å². The van der Waals surface area contributed by atoms with E-state index in [0.29, 0.717) is 5.75 Å². The van der Waals surface area contributed by atoms with Gasteiger partial charge >= 0.3 is 5.97 Å². The Bertz CT molecular complexity index is 617. The van der Waals surface area contributed by atoms with Crippen molar-refractivity contribution in [2.75, 3.05) is 12.4 Å². The summed E-state index contributed by atoms with van der Waals surface area (Å²) in [5, 5.41) is 11.7. The van der Waals surface area contributed by atoms with E-state index in [-0.39, 0.29) is 17.1 Å². The monoisotopic (exact) mass is 262 g/mol. The number of pyridine rings is 1. The Balaban J connectivity index is 2.38. The van der Waals surface area contributed by atoms with Gasteiger partial charge in [0.25, 0.3) is 0 Å². The van der Waals surface area contributed by atoms with E-state index in [1.165, 1.54) is 43.6 Å². The molecule has 0 unspecified atom stereocenters. The number of carbonyl (C=O) groups is 1. The molecule has 0 aliphatic carbocycles. The Hall–Kier alpha value is -2.63. The third-order valence-corrected chi connectivity index (χ3v) is 2.46.